The van der Waals surface area contributed by atoms with E-state index in [-0.39, 0.29) is 11.5 Å². The van der Waals surface area contributed by atoms with Crippen molar-refractivity contribution in [3.05, 3.63) is 70.7 Å². The number of anilines is 2. The van der Waals surface area contributed by atoms with Gasteiger partial charge in [0.2, 0.25) is 0 Å². The van der Waals surface area contributed by atoms with Crippen LogP contribution in [0.2, 0.25) is 10.0 Å². The van der Waals surface area contributed by atoms with E-state index >= 15 is 0 Å². The summed E-state index contributed by atoms with van der Waals surface area (Å²) in [5.74, 6) is 0.392. The summed E-state index contributed by atoms with van der Waals surface area (Å²) in [5, 5.41) is 22.8. The average Bonchev–Trinajstić information content (AvgIpc) is 2.61. The van der Waals surface area contributed by atoms with Gasteiger partial charge in [-0.3, -0.25) is 0 Å². The van der Waals surface area contributed by atoms with Crippen LogP contribution in [0.4, 0.5) is 11.4 Å². The van der Waals surface area contributed by atoms with E-state index in [1.165, 1.54) is 0 Å². The van der Waals surface area contributed by atoms with Gasteiger partial charge in [-0.25, -0.2) is 0 Å². The molecule has 0 atom stereocenters. The molecule has 0 fully saturated rings. The Morgan fingerprint density at radius 2 is 1.31 bits per heavy atom. The Bertz CT molecular complexity index is 1110. The molecule has 0 spiro atoms. The van der Waals surface area contributed by atoms with Gasteiger partial charge >= 0.3 is 0 Å². The van der Waals surface area contributed by atoms with Gasteiger partial charge in [0.25, 0.3) is 0 Å². The Hall–Kier alpha value is -2.82. The van der Waals surface area contributed by atoms with Gasteiger partial charge in [-0.1, -0.05) is 41.4 Å². The van der Waals surface area contributed by atoms with Crippen LogP contribution in [-0.2, 0) is 0 Å². The lowest BCUT2D eigenvalue weighted by Crippen LogP contribution is -1.89. The highest BCUT2D eigenvalue weighted by atomic mass is 35.5. The minimum atomic E-state index is 0.141. The summed E-state index contributed by atoms with van der Waals surface area (Å²) in [7, 11) is 0. The molecule has 132 valence electrons. The minimum absolute atomic E-state index is 0.141. The van der Waals surface area contributed by atoms with Crippen LogP contribution in [0.1, 0.15) is 0 Å². The fourth-order valence-corrected chi connectivity index (χ4v) is 3.18. The van der Waals surface area contributed by atoms with Crippen molar-refractivity contribution in [2.45, 2.75) is 0 Å². The molecule has 0 aliphatic rings. The maximum absolute atomic E-state index is 9.29. The molecule has 26 heavy (non-hydrogen) atoms. The molecule has 4 aromatic rings. The normalized spacial score (nSPS) is 10.5. The predicted octanol–water partition coefficient (Wildman–Crippen LogP) is 5.56. The molecule has 0 aliphatic carbocycles. The first-order chi connectivity index (χ1) is 12.4. The molecule has 0 aliphatic heterocycles. The van der Waals surface area contributed by atoms with Crippen LogP contribution in [0, 0.1) is 0 Å². The Balaban J connectivity index is 0.000000152. The zero-order valence-corrected chi connectivity index (χ0v) is 15.1. The third-order valence-electron chi connectivity index (χ3n) is 3.96. The first kappa shape index (κ1) is 18.0. The molecule has 0 unspecified atom stereocenters. The molecule has 4 nitrogen and oxygen atoms in total. The summed E-state index contributed by atoms with van der Waals surface area (Å²) in [6.07, 6.45) is 0. The highest BCUT2D eigenvalue weighted by molar-refractivity contribution is 6.40. The van der Waals surface area contributed by atoms with Crippen molar-refractivity contribution in [2.24, 2.45) is 0 Å². The van der Waals surface area contributed by atoms with E-state index in [1.807, 2.05) is 24.3 Å². The van der Waals surface area contributed by atoms with Crippen molar-refractivity contribution < 1.29 is 10.2 Å². The molecule has 0 saturated carbocycles. The van der Waals surface area contributed by atoms with Crippen LogP contribution in [-0.4, -0.2) is 10.2 Å². The second-order valence-electron chi connectivity index (χ2n) is 5.74. The largest absolute Gasteiger partial charge is 0.508 e. The summed E-state index contributed by atoms with van der Waals surface area (Å²) in [5.41, 5.74) is 12.6. The molecule has 0 heterocycles. The lowest BCUT2D eigenvalue weighted by atomic mass is 10.1. The molecule has 4 aromatic carbocycles. The van der Waals surface area contributed by atoms with E-state index < -0.39 is 0 Å². The zero-order valence-electron chi connectivity index (χ0n) is 13.6. The number of nitrogens with two attached hydrogens (primary N) is 2. The molecule has 0 amide bonds. The Labute approximate surface area is 160 Å². The van der Waals surface area contributed by atoms with Gasteiger partial charge in [-0.2, -0.15) is 0 Å². The molecule has 6 N–H and O–H groups in total. The number of fused-ring (bicyclic) bond motifs is 2. The number of benzene rings is 4. The lowest BCUT2D eigenvalue weighted by Gasteiger charge is -2.06. The van der Waals surface area contributed by atoms with Gasteiger partial charge in [0.05, 0.1) is 15.7 Å². The molecule has 0 saturated heterocycles. The van der Waals surface area contributed by atoms with Gasteiger partial charge in [0.15, 0.2) is 0 Å². The highest BCUT2D eigenvalue weighted by Gasteiger charge is 2.07. The second kappa shape index (κ2) is 7.20. The van der Waals surface area contributed by atoms with E-state index in [2.05, 4.69) is 0 Å². The van der Waals surface area contributed by atoms with Crippen LogP contribution in [0.15, 0.2) is 60.7 Å². The summed E-state index contributed by atoms with van der Waals surface area (Å²) in [6, 6.07) is 17.3. The highest BCUT2D eigenvalue weighted by Crippen LogP contribution is 2.35. The van der Waals surface area contributed by atoms with E-state index in [0.29, 0.717) is 26.8 Å². The van der Waals surface area contributed by atoms with Crippen LogP contribution >= 0.6 is 23.2 Å². The Kier molecular flexibility index (Phi) is 4.98. The molecular formula is C20H16Cl2N2O2. The molecule has 4 rings (SSSR count). The number of hydrogen-bond donors (Lipinski definition) is 4. The number of phenols is 2. The Morgan fingerprint density at radius 1 is 0.654 bits per heavy atom. The molecule has 0 radical (unpaired) electrons. The third kappa shape index (κ3) is 3.57. The summed E-state index contributed by atoms with van der Waals surface area (Å²) < 4.78 is 0. The smallest absolute Gasteiger partial charge is 0.116 e. The van der Waals surface area contributed by atoms with Crippen LogP contribution in [0.3, 0.4) is 0 Å². The average molecular weight is 387 g/mol. The standard InChI is InChI=1S/C10H7Cl2NO.C10H9NO/c11-8-4-9(12)10(13)7-3-5(14)1-2-6(7)8;11-10-3-1-2-7-4-5-8(12)6-9(7)10/h1-4,14H,13H2;1-6,12H,11H2. The molecule has 0 bridgehead atoms. The van der Waals surface area contributed by atoms with Gasteiger partial charge in [0, 0.05) is 21.8 Å². The van der Waals surface area contributed by atoms with Crippen LogP contribution in [0.25, 0.3) is 21.5 Å². The van der Waals surface area contributed by atoms with E-state index in [4.69, 9.17) is 34.7 Å². The maximum Gasteiger partial charge on any atom is 0.116 e. The predicted molar refractivity (Wildman–Crippen MR) is 110 cm³/mol. The quantitative estimate of drug-likeness (QED) is 0.297. The van der Waals surface area contributed by atoms with Gasteiger partial charge in [-0.15, -0.1) is 0 Å². The first-order valence-electron chi connectivity index (χ1n) is 7.70. The summed E-state index contributed by atoms with van der Waals surface area (Å²) in [4.78, 5) is 0. The van der Waals surface area contributed by atoms with Crippen molar-refractivity contribution in [1.29, 1.82) is 0 Å². The number of hydrogen-bond acceptors (Lipinski definition) is 4. The number of halogens is 2. The number of nitrogen functional groups attached to an aromatic ring is 2. The van der Waals surface area contributed by atoms with Gasteiger partial charge in [0.1, 0.15) is 11.5 Å². The maximum atomic E-state index is 9.29. The number of aromatic hydroxyl groups is 2. The summed E-state index contributed by atoms with van der Waals surface area (Å²) in [6.45, 7) is 0. The molecule has 6 heteroatoms. The van der Waals surface area contributed by atoms with Crippen molar-refractivity contribution >= 4 is 56.1 Å². The monoisotopic (exact) mass is 386 g/mol. The fourth-order valence-electron chi connectivity index (χ4n) is 2.64. The number of phenolic OH excluding ortho intramolecular Hbond substituents is 2. The second-order valence-corrected chi connectivity index (χ2v) is 6.55. The lowest BCUT2D eigenvalue weighted by molar-refractivity contribution is 0.475. The number of rotatable bonds is 0. The van der Waals surface area contributed by atoms with E-state index in [9.17, 15) is 10.2 Å². The van der Waals surface area contributed by atoms with E-state index in [1.54, 1.807) is 36.4 Å². The summed E-state index contributed by atoms with van der Waals surface area (Å²) >= 11 is 11.8. The first-order valence-corrected chi connectivity index (χ1v) is 8.46. The third-order valence-corrected chi connectivity index (χ3v) is 4.59. The fraction of sp³-hybridized carbons (Fsp3) is 0. The van der Waals surface area contributed by atoms with E-state index in [0.717, 1.165) is 16.2 Å². The SMILES string of the molecule is Nc1c(Cl)cc(Cl)c2ccc(O)cc12.Nc1cccc2ccc(O)cc12. The zero-order chi connectivity index (χ0) is 18.8. The van der Waals surface area contributed by atoms with Crippen molar-refractivity contribution in [3.63, 3.8) is 0 Å². The van der Waals surface area contributed by atoms with Gasteiger partial charge in [-0.05, 0) is 47.9 Å². The minimum Gasteiger partial charge on any atom is -0.508 e. The topological polar surface area (TPSA) is 92.5 Å². The van der Waals surface area contributed by atoms with Crippen molar-refractivity contribution in [2.75, 3.05) is 11.5 Å². The molecule has 0 aromatic heterocycles. The van der Waals surface area contributed by atoms with Crippen LogP contribution in [0.5, 0.6) is 11.5 Å². The molecular weight excluding hydrogens is 371 g/mol. The van der Waals surface area contributed by atoms with Crippen molar-refractivity contribution in [1.82, 2.24) is 0 Å². The Morgan fingerprint density at radius 3 is 2.04 bits per heavy atom. The van der Waals surface area contributed by atoms with Crippen LogP contribution < -0.4 is 11.5 Å². The van der Waals surface area contributed by atoms with Gasteiger partial charge < -0.3 is 21.7 Å². The van der Waals surface area contributed by atoms with Crippen molar-refractivity contribution in [3.8, 4) is 11.5 Å².